The quantitative estimate of drug-likeness (QED) is 0.886. The summed E-state index contributed by atoms with van der Waals surface area (Å²) < 4.78 is 0. The average Bonchev–Trinajstić information content (AvgIpc) is 2.77. The van der Waals surface area contributed by atoms with Gasteiger partial charge >= 0.3 is 0 Å². The van der Waals surface area contributed by atoms with Gasteiger partial charge in [-0.15, -0.1) is 0 Å². The first-order valence-corrected chi connectivity index (χ1v) is 9.90. The zero-order valence-corrected chi connectivity index (χ0v) is 17.0. The molecule has 6 nitrogen and oxygen atoms in total. The van der Waals surface area contributed by atoms with Crippen molar-refractivity contribution >= 4 is 23.2 Å². The first-order chi connectivity index (χ1) is 12.7. The topological polar surface area (TPSA) is 55.9 Å². The van der Waals surface area contributed by atoms with Gasteiger partial charge in [0.25, 0.3) is 5.91 Å². The standard InChI is InChI=1S/C21H32N4O2/c1-21(2,3)8-10-24-11-13-25(14-12-24)20(27)16-5-6-18-17(15-16)22-19(26)7-9-23(18)4/h5-6,15H,7-14H2,1-4H3,(H,22,26). The van der Waals surface area contributed by atoms with Crippen LogP contribution in [0.15, 0.2) is 18.2 Å². The summed E-state index contributed by atoms with van der Waals surface area (Å²) in [7, 11) is 1.97. The van der Waals surface area contributed by atoms with Gasteiger partial charge < -0.3 is 15.1 Å². The number of carbonyl (C=O) groups is 2. The van der Waals surface area contributed by atoms with Gasteiger partial charge in [-0.3, -0.25) is 14.5 Å². The van der Waals surface area contributed by atoms with Gasteiger partial charge in [0.1, 0.15) is 0 Å². The van der Waals surface area contributed by atoms with Crippen molar-refractivity contribution in [1.29, 1.82) is 0 Å². The second kappa shape index (κ2) is 7.89. The number of anilines is 2. The molecular formula is C21H32N4O2. The molecule has 1 fully saturated rings. The maximum Gasteiger partial charge on any atom is 0.254 e. The van der Waals surface area contributed by atoms with E-state index in [1.165, 1.54) is 6.42 Å². The van der Waals surface area contributed by atoms with E-state index in [0.717, 1.165) is 44.1 Å². The van der Waals surface area contributed by atoms with Crippen LogP contribution in [0.25, 0.3) is 0 Å². The molecule has 3 rings (SSSR count). The van der Waals surface area contributed by atoms with Crippen LogP contribution in [0, 0.1) is 5.41 Å². The van der Waals surface area contributed by atoms with Gasteiger partial charge in [-0.05, 0) is 36.6 Å². The summed E-state index contributed by atoms with van der Waals surface area (Å²) in [5, 5.41) is 2.93. The summed E-state index contributed by atoms with van der Waals surface area (Å²) in [4.78, 5) is 31.3. The third-order valence-electron chi connectivity index (χ3n) is 5.44. The van der Waals surface area contributed by atoms with Crippen LogP contribution in [0.1, 0.15) is 44.0 Å². The van der Waals surface area contributed by atoms with Crippen molar-refractivity contribution in [2.24, 2.45) is 5.41 Å². The van der Waals surface area contributed by atoms with Crippen LogP contribution in [0.3, 0.4) is 0 Å². The molecule has 27 heavy (non-hydrogen) atoms. The van der Waals surface area contributed by atoms with E-state index in [0.29, 0.717) is 23.9 Å². The van der Waals surface area contributed by atoms with E-state index in [-0.39, 0.29) is 11.8 Å². The van der Waals surface area contributed by atoms with E-state index in [4.69, 9.17) is 0 Å². The molecule has 1 aromatic carbocycles. The van der Waals surface area contributed by atoms with Crippen LogP contribution in [0.4, 0.5) is 11.4 Å². The van der Waals surface area contributed by atoms with Gasteiger partial charge in [0.2, 0.25) is 5.91 Å². The summed E-state index contributed by atoms with van der Waals surface area (Å²) >= 11 is 0. The number of hydrogen-bond acceptors (Lipinski definition) is 4. The van der Waals surface area contributed by atoms with E-state index in [2.05, 4.69) is 35.9 Å². The van der Waals surface area contributed by atoms with Crippen LogP contribution in [0.2, 0.25) is 0 Å². The smallest absolute Gasteiger partial charge is 0.254 e. The number of hydrogen-bond donors (Lipinski definition) is 1. The Hall–Kier alpha value is -2.08. The highest BCUT2D eigenvalue weighted by atomic mass is 16.2. The molecule has 0 saturated carbocycles. The molecule has 148 valence electrons. The molecule has 2 aliphatic heterocycles. The molecular weight excluding hydrogens is 340 g/mol. The normalized spacial score (nSPS) is 18.7. The highest BCUT2D eigenvalue weighted by Crippen LogP contribution is 2.29. The number of piperazine rings is 1. The van der Waals surface area contributed by atoms with Crippen molar-refractivity contribution in [3.05, 3.63) is 23.8 Å². The van der Waals surface area contributed by atoms with Gasteiger partial charge in [0.05, 0.1) is 11.4 Å². The lowest BCUT2D eigenvalue weighted by atomic mass is 9.92. The summed E-state index contributed by atoms with van der Waals surface area (Å²) in [6.45, 7) is 11.9. The van der Waals surface area contributed by atoms with Crippen molar-refractivity contribution < 1.29 is 9.59 Å². The number of amides is 2. The Balaban J connectivity index is 1.63. The predicted molar refractivity (Wildman–Crippen MR) is 109 cm³/mol. The van der Waals surface area contributed by atoms with E-state index in [1.807, 2.05) is 30.1 Å². The molecule has 0 aliphatic carbocycles. The zero-order valence-electron chi connectivity index (χ0n) is 17.0. The van der Waals surface area contributed by atoms with Crippen molar-refractivity contribution in [2.45, 2.75) is 33.6 Å². The Labute approximate surface area is 162 Å². The minimum atomic E-state index is -0.00217. The lowest BCUT2D eigenvalue weighted by Gasteiger charge is -2.36. The fourth-order valence-electron chi connectivity index (χ4n) is 3.56. The Bertz CT molecular complexity index is 703. The van der Waals surface area contributed by atoms with E-state index in [1.54, 1.807) is 0 Å². The third-order valence-corrected chi connectivity index (χ3v) is 5.44. The highest BCUT2D eigenvalue weighted by Gasteiger charge is 2.25. The molecule has 0 unspecified atom stereocenters. The van der Waals surface area contributed by atoms with Crippen molar-refractivity contribution in [3.8, 4) is 0 Å². The summed E-state index contributed by atoms with van der Waals surface area (Å²) in [5.74, 6) is 0.0482. The SMILES string of the molecule is CN1CCC(=O)Nc2cc(C(=O)N3CCN(CCC(C)(C)C)CC3)ccc21. The van der Waals surface area contributed by atoms with Gasteiger partial charge in [0, 0.05) is 51.8 Å². The third kappa shape index (κ3) is 5.01. The first-order valence-electron chi connectivity index (χ1n) is 9.90. The molecule has 2 amide bonds. The summed E-state index contributed by atoms with van der Waals surface area (Å²) in [5.41, 5.74) is 2.68. The number of rotatable bonds is 3. The number of carbonyl (C=O) groups excluding carboxylic acids is 2. The maximum atomic E-state index is 12.9. The number of benzene rings is 1. The second-order valence-electron chi connectivity index (χ2n) is 8.90. The second-order valence-corrected chi connectivity index (χ2v) is 8.90. The molecule has 0 spiro atoms. The molecule has 0 bridgehead atoms. The minimum absolute atomic E-state index is 0.00217. The van der Waals surface area contributed by atoms with Crippen LogP contribution in [0.5, 0.6) is 0 Å². The van der Waals surface area contributed by atoms with Gasteiger partial charge in [-0.25, -0.2) is 0 Å². The molecule has 0 aromatic heterocycles. The largest absolute Gasteiger partial charge is 0.372 e. The molecule has 6 heteroatoms. The lowest BCUT2D eigenvalue weighted by Crippen LogP contribution is -2.49. The summed E-state index contributed by atoms with van der Waals surface area (Å²) in [6.07, 6.45) is 1.63. The monoisotopic (exact) mass is 372 g/mol. The van der Waals surface area contributed by atoms with Gasteiger partial charge in [-0.2, -0.15) is 0 Å². The van der Waals surface area contributed by atoms with Crippen molar-refractivity contribution in [3.63, 3.8) is 0 Å². The molecule has 1 N–H and O–H groups in total. The van der Waals surface area contributed by atoms with Crippen LogP contribution >= 0.6 is 0 Å². The average molecular weight is 373 g/mol. The van der Waals surface area contributed by atoms with Crippen LogP contribution in [-0.4, -0.2) is 67.9 Å². The Morgan fingerprint density at radius 3 is 2.48 bits per heavy atom. The van der Waals surface area contributed by atoms with Crippen molar-refractivity contribution in [1.82, 2.24) is 9.80 Å². The van der Waals surface area contributed by atoms with Gasteiger partial charge in [0.15, 0.2) is 0 Å². The molecule has 0 atom stereocenters. The van der Waals surface area contributed by atoms with Gasteiger partial charge in [-0.1, -0.05) is 20.8 Å². The maximum absolute atomic E-state index is 12.9. The molecule has 2 aliphatic rings. The highest BCUT2D eigenvalue weighted by molar-refractivity contribution is 6.00. The Morgan fingerprint density at radius 1 is 1.11 bits per heavy atom. The molecule has 2 heterocycles. The Morgan fingerprint density at radius 2 is 1.81 bits per heavy atom. The van der Waals surface area contributed by atoms with E-state index in [9.17, 15) is 9.59 Å². The molecule has 1 aromatic rings. The summed E-state index contributed by atoms with van der Waals surface area (Å²) in [6, 6.07) is 5.64. The predicted octanol–water partition coefficient (Wildman–Crippen LogP) is 2.66. The molecule has 1 saturated heterocycles. The van der Waals surface area contributed by atoms with Crippen molar-refractivity contribution in [2.75, 3.05) is 56.5 Å². The number of nitrogens with zero attached hydrogens (tertiary/aromatic N) is 3. The van der Waals surface area contributed by atoms with Crippen LogP contribution in [-0.2, 0) is 4.79 Å². The molecule has 0 radical (unpaired) electrons. The zero-order chi connectivity index (χ0) is 19.6. The van der Waals surface area contributed by atoms with Crippen LogP contribution < -0.4 is 10.2 Å². The Kier molecular flexibility index (Phi) is 5.75. The lowest BCUT2D eigenvalue weighted by molar-refractivity contribution is -0.115. The van der Waals surface area contributed by atoms with E-state index < -0.39 is 0 Å². The fraction of sp³-hybridized carbons (Fsp3) is 0.619. The first kappa shape index (κ1) is 19.7. The number of nitrogens with one attached hydrogen (secondary N) is 1. The minimum Gasteiger partial charge on any atom is -0.372 e. The number of fused-ring (bicyclic) bond motifs is 1. The fourth-order valence-corrected chi connectivity index (χ4v) is 3.56. The van der Waals surface area contributed by atoms with E-state index >= 15 is 0 Å².